The molecule has 0 aliphatic rings. The fourth-order valence-electron chi connectivity index (χ4n) is 2.86. The molecule has 0 bridgehead atoms. The van der Waals surface area contributed by atoms with Crippen LogP contribution in [0.1, 0.15) is 51.9 Å². The van der Waals surface area contributed by atoms with E-state index in [0.29, 0.717) is 32.3 Å². The van der Waals surface area contributed by atoms with Gasteiger partial charge in [0.15, 0.2) is 0 Å². The molecule has 4 nitrogen and oxygen atoms in total. The highest BCUT2D eigenvalue weighted by molar-refractivity contribution is 6.00. The number of carbonyl (C=O) groups excluding carboxylic acids is 2. The van der Waals surface area contributed by atoms with Gasteiger partial charge in [-0.3, -0.25) is 14.5 Å². The Morgan fingerprint density at radius 1 is 0.778 bits per heavy atom. The van der Waals surface area contributed by atoms with Crippen LogP contribution in [0, 0.1) is 0 Å². The van der Waals surface area contributed by atoms with Crippen LogP contribution in [-0.2, 0) is 14.3 Å². The molecular formula is C23H29NO3. The molecule has 0 unspecified atom stereocenters. The van der Waals surface area contributed by atoms with Crippen LogP contribution in [0.4, 0.5) is 11.4 Å². The molecule has 0 aliphatic carbocycles. The average molecular weight is 367 g/mol. The predicted octanol–water partition coefficient (Wildman–Crippen LogP) is 5.65. The predicted molar refractivity (Wildman–Crippen MR) is 109 cm³/mol. The summed E-state index contributed by atoms with van der Waals surface area (Å²) in [6.45, 7) is 2.62. The Morgan fingerprint density at radius 3 is 1.89 bits per heavy atom. The number of carbonyl (C=O) groups is 2. The summed E-state index contributed by atoms with van der Waals surface area (Å²) in [7, 11) is 0. The highest BCUT2D eigenvalue weighted by atomic mass is 16.5. The van der Waals surface area contributed by atoms with Gasteiger partial charge in [-0.1, -0.05) is 56.2 Å². The maximum Gasteiger partial charge on any atom is 0.305 e. The van der Waals surface area contributed by atoms with Gasteiger partial charge in [-0.2, -0.15) is 0 Å². The van der Waals surface area contributed by atoms with Crippen molar-refractivity contribution < 1.29 is 14.3 Å². The lowest BCUT2D eigenvalue weighted by Crippen LogP contribution is -2.25. The summed E-state index contributed by atoms with van der Waals surface area (Å²) in [4.78, 5) is 26.3. The van der Waals surface area contributed by atoms with Gasteiger partial charge in [-0.25, -0.2) is 0 Å². The molecular weight excluding hydrogens is 338 g/mol. The number of amides is 1. The SMILES string of the molecule is CCCCCOC(=O)CCCCC(=O)N(c1ccccc1)c1ccccc1. The van der Waals surface area contributed by atoms with E-state index in [0.717, 1.165) is 30.6 Å². The molecule has 4 heteroatoms. The normalized spacial score (nSPS) is 10.4. The van der Waals surface area contributed by atoms with Gasteiger partial charge < -0.3 is 4.74 Å². The Hall–Kier alpha value is -2.62. The zero-order valence-electron chi connectivity index (χ0n) is 16.1. The van der Waals surface area contributed by atoms with Crippen molar-refractivity contribution in [3.63, 3.8) is 0 Å². The van der Waals surface area contributed by atoms with Crippen LogP contribution in [-0.4, -0.2) is 18.5 Å². The van der Waals surface area contributed by atoms with Crippen LogP contribution in [0.2, 0.25) is 0 Å². The standard InChI is InChI=1S/C23H29NO3/c1-2-3-12-19-27-23(26)18-11-10-17-22(25)24(20-13-6-4-7-14-20)21-15-8-5-9-16-21/h4-9,13-16H,2-3,10-12,17-19H2,1H3. The minimum absolute atomic E-state index is 0.0312. The molecule has 0 aromatic heterocycles. The molecule has 2 aromatic rings. The number of unbranched alkanes of at least 4 members (excludes halogenated alkanes) is 3. The second-order valence-electron chi connectivity index (χ2n) is 6.53. The number of hydrogen-bond acceptors (Lipinski definition) is 3. The molecule has 1 amide bonds. The topological polar surface area (TPSA) is 46.6 Å². The van der Waals surface area contributed by atoms with Crippen molar-refractivity contribution >= 4 is 23.3 Å². The van der Waals surface area contributed by atoms with Crippen LogP contribution in [0.3, 0.4) is 0 Å². The summed E-state index contributed by atoms with van der Waals surface area (Å²) in [6.07, 6.45) is 5.21. The van der Waals surface area contributed by atoms with Gasteiger partial charge in [0.1, 0.15) is 0 Å². The van der Waals surface area contributed by atoms with Crippen molar-refractivity contribution in [2.75, 3.05) is 11.5 Å². The molecule has 0 radical (unpaired) electrons. The lowest BCUT2D eigenvalue weighted by Gasteiger charge is -2.23. The third kappa shape index (κ3) is 7.26. The van der Waals surface area contributed by atoms with Crippen molar-refractivity contribution in [3.05, 3.63) is 60.7 Å². The summed E-state index contributed by atoms with van der Waals surface area (Å²) in [5, 5.41) is 0. The molecule has 0 fully saturated rings. The maximum atomic E-state index is 12.8. The fraction of sp³-hybridized carbons (Fsp3) is 0.391. The van der Waals surface area contributed by atoms with E-state index >= 15 is 0 Å². The van der Waals surface area contributed by atoms with E-state index in [4.69, 9.17) is 4.74 Å². The molecule has 0 spiro atoms. The summed E-state index contributed by atoms with van der Waals surface area (Å²) in [6, 6.07) is 19.3. The van der Waals surface area contributed by atoms with E-state index in [2.05, 4.69) is 6.92 Å². The number of rotatable bonds is 11. The monoisotopic (exact) mass is 367 g/mol. The molecule has 27 heavy (non-hydrogen) atoms. The molecule has 0 heterocycles. The van der Waals surface area contributed by atoms with E-state index in [1.807, 2.05) is 60.7 Å². The lowest BCUT2D eigenvalue weighted by atomic mass is 10.1. The molecule has 0 saturated carbocycles. The van der Waals surface area contributed by atoms with Crippen LogP contribution < -0.4 is 4.90 Å². The smallest absolute Gasteiger partial charge is 0.305 e. The van der Waals surface area contributed by atoms with Gasteiger partial charge >= 0.3 is 5.97 Å². The first-order chi connectivity index (χ1) is 13.2. The molecule has 2 rings (SSSR count). The third-order valence-electron chi connectivity index (χ3n) is 4.31. The van der Waals surface area contributed by atoms with Crippen molar-refractivity contribution in [1.82, 2.24) is 0 Å². The van der Waals surface area contributed by atoms with Gasteiger partial charge in [0, 0.05) is 24.2 Å². The summed E-state index contributed by atoms with van der Waals surface area (Å²) >= 11 is 0. The molecule has 2 aromatic carbocycles. The van der Waals surface area contributed by atoms with Crippen molar-refractivity contribution in [1.29, 1.82) is 0 Å². The van der Waals surface area contributed by atoms with Crippen molar-refractivity contribution in [3.8, 4) is 0 Å². The highest BCUT2D eigenvalue weighted by Gasteiger charge is 2.17. The maximum absolute atomic E-state index is 12.8. The Bertz CT molecular complexity index is 646. The lowest BCUT2D eigenvalue weighted by molar-refractivity contribution is -0.144. The Labute approximate surface area is 162 Å². The summed E-state index contributed by atoms with van der Waals surface area (Å²) in [5.74, 6) is -0.134. The molecule has 144 valence electrons. The highest BCUT2D eigenvalue weighted by Crippen LogP contribution is 2.26. The van der Waals surface area contributed by atoms with E-state index in [1.165, 1.54) is 0 Å². The van der Waals surface area contributed by atoms with Gasteiger partial charge in [-0.15, -0.1) is 0 Å². The molecule has 0 saturated heterocycles. The quantitative estimate of drug-likeness (QED) is 0.381. The number of hydrogen-bond donors (Lipinski definition) is 0. The van der Waals surface area contributed by atoms with E-state index in [-0.39, 0.29) is 11.9 Å². The third-order valence-corrected chi connectivity index (χ3v) is 4.31. The van der Waals surface area contributed by atoms with Crippen molar-refractivity contribution in [2.24, 2.45) is 0 Å². The minimum Gasteiger partial charge on any atom is -0.466 e. The fourth-order valence-corrected chi connectivity index (χ4v) is 2.86. The second kappa shape index (κ2) is 11.9. The van der Waals surface area contributed by atoms with Crippen LogP contribution in [0.15, 0.2) is 60.7 Å². The number of ether oxygens (including phenoxy) is 1. The zero-order valence-corrected chi connectivity index (χ0v) is 16.1. The van der Waals surface area contributed by atoms with Crippen LogP contribution >= 0.6 is 0 Å². The van der Waals surface area contributed by atoms with Gasteiger partial charge in [0.05, 0.1) is 6.61 Å². The van der Waals surface area contributed by atoms with E-state index in [9.17, 15) is 9.59 Å². The first-order valence-corrected chi connectivity index (χ1v) is 9.81. The largest absolute Gasteiger partial charge is 0.466 e. The van der Waals surface area contributed by atoms with E-state index < -0.39 is 0 Å². The first-order valence-electron chi connectivity index (χ1n) is 9.81. The molecule has 0 atom stereocenters. The number of benzene rings is 2. The molecule has 0 N–H and O–H groups in total. The Morgan fingerprint density at radius 2 is 1.33 bits per heavy atom. The second-order valence-corrected chi connectivity index (χ2v) is 6.53. The number of esters is 1. The van der Waals surface area contributed by atoms with Crippen LogP contribution in [0.5, 0.6) is 0 Å². The van der Waals surface area contributed by atoms with Crippen molar-refractivity contribution in [2.45, 2.75) is 51.9 Å². The van der Waals surface area contributed by atoms with Gasteiger partial charge in [-0.05, 0) is 43.5 Å². The summed E-state index contributed by atoms with van der Waals surface area (Å²) < 4.78 is 5.20. The van der Waals surface area contributed by atoms with E-state index in [1.54, 1.807) is 4.90 Å². The number of para-hydroxylation sites is 2. The Kier molecular flexibility index (Phi) is 9.11. The summed E-state index contributed by atoms with van der Waals surface area (Å²) in [5.41, 5.74) is 1.70. The minimum atomic E-state index is -0.165. The van der Waals surface area contributed by atoms with Gasteiger partial charge in [0.2, 0.25) is 5.91 Å². The molecule has 0 aliphatic heterocycles. The average Bonchev–Trinajstić information content (AvgIpc) is 2.70. The zero-order chi connectivity index (χ0) is 19.3. The number of anilines is 2. The Balaban J connectivity index is 1.84. The number of nitrogens with zero attached hydrogens (tertiary/aromatic N) is 1. The first kappa shape index (κ1) is 20.7. The van der Waals surface area contributed by atoms with Crippen LogP contribution in [0.25, 0.3) is 0 Å². The van der Waals surface area contributed by atoms with Gasteiger partial charge in [0.25, 0.3) is 0 Å².